The number of hydrogen-bond donors (Lipinski definition) is 1. The minimum absolute atomic E-state index is 1.01. The Morgan fingerprint density at radius 2 is 2.38 bits per heavy atom. The second kappa shape index (κ2) is 3.61. The van der Waals surface area contributed by atoms with Crippen LogP contribution in [0, 0.1) is 0 Å². The van der Waals surface area contributed by atoms with Crippen LogP contribution in [-0.2, 0) is 0 Å². The van der Waals surface area contributed by atoms with Gasteiger partial charge in [0, 0.05) is 13.1 Å². The van der Waals surface area contributed by atoms with Crippen LogP contribution in [0.15, 0.2) is 4.99 Å². The maximum Gasteiger partial charge on any atom is 0.0397 e. The summed E-state index contributed by atoms with van der Waals surface area (Å²) in [4.78, 5) is 4.17. The van der Waals surface area contributed by atoms with Crippen LogP contribution in [0.2, 0.25) is 0 Å². The number of nitrogens with zero attached hydrogens (tertiary/aromatic N) is 1. The minimum Gasteiger partial charge on any atom is -0.316 e. The molecule has 0 unspecified atom stereocenters. The van der Waals surface area contributed by atoms with Crippen LogP contribution in [0.5, 0.6) is 0 Å². The molecule has 0 saturated carbocycles. The van der Waals surface area contributed by atoms with Crippen LogP contribution in [0.25, 0.3) is 0 Å². The fraction of sp³-hybridized carbons (Fsp3) is 0.833. The Kier molecular flexibility index (Phi) is 2.60. The van der Waals surface area contributed by atoms with Crippen LogP contribution in [-0.4, -0.2) is 25.8 Å². The second-order valence-electron chi connectivity index (χ2n) is 1.98. The van der Waals surface area contributed by atoms with Gasteiger partial charge in [-0.15, -0.1) is 0 Å². The molecule has 0 spiro atoms. The van der Waals surface area contributed by atoms with Crippen LogP contribution in [0.1, 0.15) is 12.8 Å². The summed E-state index contributed by atoms with van der Waals surface area (Å²) in [5.41, 5.74) is 0. The largest absolute Gasteiger partial charge is 0.316 e. The Morgan fingerprint density at radius 1 is 1.38 bits per heavy atom. The molecule has 2 nitrogen and oxygen atoms in total. The average molecular weight is 112 g/mol. The van der Waals surface area contributed by atoms with Crippen molar-refractivity contribution in [1.82, 2.24) is 5.32 Å². The summed E-state index contributed by atoms with van der Waals surface area (Å²) >= 11 is 0. The van der Waals surface area contributed by atoms with E-state index in [1.54, 1.807) is 0 Å². The third kappa shape index (κ3) is 2.07. The first-order valence-corrected chi connectivity index (χ1v) is 3.19. The van der Waals surface area contributed by atoms with Crippen molar-refractivity contribution in [2.75, 3.05) is 19.6 Å². The van der Waals surface area contributed by atoms with Gasteiger partial charge in [-0.25, -0.2) is 0 Å². The summed E-state index contributed by atoms with van der Waals surface area (Å²) in [6, 6.07) is 0. The molecule has 2 heteroatoms. The van der Waals surface area contributed by atoms with Gasteiger partial charge in [0.15, 0.2) is 0 Å². The maximum atomic E-state index is 4.17. The highest BCUT2D eigenvalue weighted by Crippen LogP contribution is 1.83. The molecule has 1 N–H and O–H groups in total. The van der Waals surface area contributed by atoms with Crippen molar-refractivity contribution in [3.63, 3.8) is 0 Å². The lowest BCUT2D eigenvalue weighted by atomic mass is 10.3. The molecule has 0 saturated heterocycles. The van der Waals surface area contributed by atoms with E-state index in [2.05, 4.69) is 10.3 Å². The summed E-state index contributed by atoms with van der Waals surface area (Å²) in [6.45, 7) is 3.24. The molecule has 0 atom stereocenters. The van der Waals surface area contributed by atoms with Gasteiger partial charge < -0.3 is 5.32 Å². The number of rotatable bonds is 0. The molecule has 0 fully saturated rings. The van der Waals surface area contributed by atoms with Gasteiger partial charge in [0.05, 0.1) is 0 Å². The van der Waals surface area contributed by atoms with Crippen LogP contribution >= 0.6 is 0 Å². The summed E-state index contributed by atoms with van der Waals surface area (Å²) in [7, 11) is 0. The topological polar surface area (TPSA) is 24.4 Å². The zero-order chi connectivity index (χ0) is 5.66. The third-order valence-corrected chi connectivity index (χ3v) is 1.22. The lowest BCUT2D eigenvalue weighted by Gasteiger charge is -2.02. The van der Waals surface area contributed by atoms with Crippen molar-refractivity contribution in [1.29, 1.82) is 0 Å². The molecule has 0 aromatic heterocycles. The molecule has 1 rings (SSSR count). The highest BCUT2D eigenvalue weighted by molar-refractivity contribution is 5.57. The highest BCUT2D eigenvalue weighted by Gasteiger charge is 1.88. The number of aliphatic imine (C=N–C) groups is 1. The molecule has 0 aromatic rings. The Hall–Kier alpha value is -0.370. The molecule has 46 valence electrons. The summed E-state index contributed by atoms with van der Waals surface area (Å²) in [5, 5.41) is 3.30. The predicted octanol–water partition coefficient (Wildman–Crippen LogP) is 0.441. The first-order chi connectivity index (χ1) is 4.00. The second-order valence-corrected chi connectivity index (χ2v) is 1.98. The number of nitrogens with one attached hydrogen (secondary N) is 1. The lowest BCUT2D eigenvalue weighted by Crippen LogP contribution is -2.19. The molecule has 1 heterocycles. The van der Waals surface area contributed by atoms with Crippen molar-refractivity contribution in [2.24, 2.45) is 4.99 Å². The van der Waals surface area contributed by atoms with E-state index in [9.17, 15) is 0 Å². The molecule has 1 aliphatic heterocycles. The summed E-state index contributed by atoms with van der Waals surface area (Å²) < 4.78 is 0. The van der Waals surface area contributed by atoms with E-state index < -0.39 is 0 Å². The SMILES string of the molecule is C1=NCCCNCC1. The Labute approximate surface area is 50.0 Å². The Balaban J connectivity index is 2.17. The normalized spacial score (nSPS) is 22.0. The van der Waals surface area contributed by atoms with Gasteiger partial charge in [-0.05, 0) is 25.6 Å². The monoisotopic (exact) mass is 112 g/mol. The minimum atomic E-state index is 1.01. The molecule has 0 amide bonds. The van der Waals surface area contributed by atoms with Gasteiger partial charge in [0.25, 0.3) is 0 Å². The van der Waals surface area contributed by atoms with Gasteiger partial charge in [0.1, 0.15) is 0 Å². The van der Waals surface area contributed by atoms with Crippen molar-refractivity contribution < 1.29 is 0 Å². The van der Waals surface area contributed by atoms with Crippen molar-refractivity contribution in [3.8, 4) is 0 Å². The molecule has 0 bridgehead atoms. The van der Waals surface area contributed by atoms with Gasteiger partial charge in [-0.2, -0.15) is 0 Å². The van der Waals surface area contributed by atoms with Crippen LogP contribution < -0.4 is 5.32 Å². The van der Waals surface area contributed by atoms with Crippen molar-refractivity contribution >= 4 is 6.21 Å². The van der Waals surface area contributed by atoms with Crippen LogP contribution in [0.3, 0.4) is 0 Å². The maximum absolute atomic E-state index is 4.17. The fourth-order valence-corrected chi connectivity index (χ4v) is 0.770. The average Bonchev–Trinajstić information content (AvgIpc) is 1.62. The van der Waals surface area contributed by atoms with Crippen molar-refractivity contribution in [3.05, 3.63) is 0 Å². The number of hydrogen-bond acceptors (Lipinski definition) is 2. The molecule has 0 aromatic carbocycles. The quantitative estimate of drug-likeness (QED) is 0.483. The molecule has 0 aliphatic carbocycles. The van der Waals surface area contributed by atoms with Crippen LogP contribution in [0.4, 0.5) is 0 Å². The summed E-state index contributed by atoms with van der Waals surface area (Å²) in [6.07, 6.45) is 4.29. The van der Waals surface area contributed by atoms with E-state index in [0.717, 1.165) is 26.1 Å². The first kappa shape index (κ1) is 5.76. The highest BCUT2D eigenvalue weighted by atomic mass is 14.9. The van der Waals surface area contributed by atoms with E-state index >= 15 is 0 Å². The third-order valence-electron chi connectivity index (χ3n) is 1.22. The fourth-order valence-electron chi connectivity index (χ4n) is 0.770. The molecule has 8 heavy (non-hydrogen) atoms. The first-order valence-electron chi connectivity index (χ1n) is 3.19. The van der Waals surface area contributed by atoms with Gasteiger partial charge >= 0.3 is 0 Å². The molecule has 0 radical (unpaired) electrons. The zero-order valence-corrected chi connectivity index (χ0v) is 5.06. The van der Waals surface area contributed by atoms with E-state index in [4.69, 9.17) is 0 Å². The standard InChI is InChI=1S/C6H12N2/c1-3-7-5-2-6-8-4-1/h3,8H,1-2,4-6H2. The molecular formula is C6H12N2. The summed E-state index contributed by atoms with van der Waals surface area (Å²) in [5.74, 6) is 0. The van der Waals surface area contributed by atoms with Gasteiger partial charge in [0.2, 0.25) is 0 Å². The Bertz CT molecular complexity index is 68.6. The Morgan fingerprint density at radius 3 is 3.38 bits per heavy atom. The van der Waals surface area contributed by atoms with Gasteiger partial charge in [-0.1, -0.05) is 0 Å². The zero-order valence-electron chi connectivity index (χ0n) is 5.06. The van der Waals surface area contributed by atoms with E-state index in [1.165, 1.54) is 6.42 Å². The molecule has 1 aliphatic rings. The molecular weight excluding hydrogens is 100 g/mol. The lowest BCUT2D eigenvalue weighted by molar-refractivity contribution is 0.655. The van der Waals surface area contributed by atoms with E-state index in [-0.39, 0.29) is 0 Å². The smallest absolute Gasteiger partial charge is 0.0397 e. The van der Waals surface area contributed by atoms with Gasteiger partial charge in [-0.3, -0.25) is 4.99 Å². The van der Waals surface area contributed by atoms with Crippen molar-refractivity contribution in [2.45, 2.75) is 12.8 Å². The van der Waals surface area contributed by atoms with E-state index in [1.807, 2.05) is 6.21 Å². The van der Waals surface area contributed by atoms with E-state index in [0.29, 0.717) is 0 Å². The predicted molar refractivity (Wildman–Crippen MR) is 35.5 cm³/mol.